The van der Waals surface area contributed by atoms with E-state index in [0.717, 1.165) is 5.56 Å². The van der Waals surface area contributed by atoms with E-state index in [1.807, 2.05) is 30.3 Å². The number of carbonyl (C=O) groups excluding carboxylic acids is 2. The molecule has 0 saturated heterocycles. The van der Waals surface area contributed by atoms with E-state index in [9.17, 15) is 18.0 Å². The Kier molecular flexibility index (Phi) is 8.93. The molecule has 4 aromatic rings. The van der Waals surface area contributed by atoms with Crippen LogP contribution in [0.1, 0.15) is 31.8 Å². The minimum atomic E-state index is -4.09. The Morgan fingerprint density at radius 1 is 0.850 bits per heavy atom. The number of esters is 1. The maximum absolute atomic E-state index is 13.9. The fourth-order valence-corrected chi connectivity index (χ4v) is 5.33. The number of nitrogens with one attached hydrogen (secondary N) is 1. The molecule has 9 nitrogen and oxygen atoms in total. The quantitative estimate of drug-likeness (QED) is 0.173. The highest BCUT2D eigenvalue weighted by Gasteiger charge is 2.28. The van der Waals surface area contributed by atoms with Gasteiger partial charge in [-0.05, 0) is 59.7 Å². The molecular formula is C30H27N3O6S. The zero-order chi connectivity index (χ0) is 28.5. The molecule has 0 saturated carbocycles. The van der Waals surface area contributed by atoms with Crippen LogP contribution in [0.5, 0.6) is 5.75 Å². The van der Waals surface area contributed by atoms with Crippen LogP contribution in [0.2, 0.25) is 0 Å². The third-order valence-corrected chi connectivity index (χ3v) is 7.72. The van der Waals surface area contributed by atoms with Crippen LogP contribution in [0.3, 0.4) is 0 Å². The second-order valence-electron chi connectivity index (χ2n) is 8.50. The van der Waals surface area contributed by atoms with Gasteiger partial charge in [-0.3, -0.25) is 9.10 Å². The van der Waals surface area contributed by atoms with Crippen LogP contribution in [-0.4, -0.2) is 40.7 Å². The van der Waals surface area contributed by atoms with Gasteiger partial charge in [0.1, 0.15) is 5.75 Å². The van der Waals surface area contributed by atoms with Crippen LogP contribution in [-0.2, 0) is 21.3 Å². The largest absolute Gasteiger partial charge is 0.497 e. The molecule has 1 N–H and O–H groups in total. The molecule has 0 aliphatic heterocycles. The maximum atomic E-state index is 13.9. The highest BCUT2D eigenvalue weighted by atomic mass is 32.2. The molecular weight excluding hydrogens is 530 g/mol. The molecule has 0 unspecified atom stereocenters. The minimum absolute atomic E-state index is 0.00466. The fourth-order valence-electron chi connectivity index (χ4n) is 3.86. The lowest BCUT2D eigenvalue weighted by Crippen LogP contribution is -2.33. The van der Waals surface area contributed by atoms with Crippen molar-refractivity contribution in [2.75, 3.05) is 18.5 Å². The predicted molar refractivity (Wildman–Crippen MR) is 152 cm³/mol. The van der Waals surface area contributed by atoms with E-state index in [1.165, 1.54) is 42.9 Å². The molecule has 4 aromatic carbocycles. The molecule has 0 heterocycles. The van der Waals surface area contributed by atoms with Gasteiger partial charge in [0.2, 0.25) is 0 Å². The summed E-state index contributed by atoms with van der Waals surface area (Å²) in [6.45, 7) is -0.00466. The number of methoxy groups -OCH3 is 2. The number of hydrogen-bond donors (Lipinski definition) is 1. The number of ether oxygens (including phenoxy) is 2. The molecule has 0 radical (unpaired) electrons. The lowest BCUT2D eigenvalue weighted by atomic mass is 10.1. The number of rotatable bonds is 10. The molecule has 0 fully saturated rings. The van der Waals surface area contributed by atoms with Crippen molar-refractivity contribution in [3.8, 4) is 5.75 Å². The molecule has 10 heteroatoms. The number of hydrazone groups is 1. The van der Waals surface area contributed by atoms with Crippen molar-refractivity contribution in [3.63, 3.8) is 0 Å². The third kappa shape index (κ3) is 6.54. The van der Waals surface area contributed by atoms with Crippen molar-refractivity contribution in [2.24, 2.45) is 5.10 Å². The van der Waals surface area contributed by atoms with Gasteiger partial charge < -0.3 is 9.47 Å². The Labute approximate surface area is 232 Å². The summed E-state index contributed by atoms with van der Waals surface area (Å²) in [5.74, 6) is -0.537. The Morgan fingerprint density at radius 2 is 1.50 bits per heavy atom. The van der Waals surface area contributed by atoms with E-state index in [0.29, 0.717) is 16.9 Å². The number of nitrogens with zero attached hydrogens (tertiary/aromatic N) is 2. The van der Waals surface area contributed by atoms with Crippen molar-refractivity contribution >= 4 is 33.8 Å². The lowest BCUT2D eigenvalue weighted by molar-refractivity contribution is 0.0600. The summed E-state index contributed by atoms with van der Waals surface area (Å²) in [6, 6.07) is 28.1. The summed E-state index contributed by atoms with van der Waals surface area (Å²) < 4.78 is 38.9. The average Bonchev–Trinajstić information content (AvgIpc) is 3.00. The maximum Gasteiger partial charge on any atom is 0.337 e. The zero-order valence-corrected chi connectivity index (χ0v) is 22.7. The number of carbonyl (C=O) groups is 2. The van der Waals surface area contributed by atoms with Crippen LogP contribution < -0.4 is 14.5 Å². The second-order valence-corrected chi connectivity index (χ2v) is 10.4. The van der Waals surface area contributed by atoms with Crippen molar-refractivity contribution in [2.45, 2.75) is 11.4 Å². The molecule has 0 spiro atoms. The van der Waals surface area contributed by atoms with Crippen LogP contribution in [0, 0.1) is 0 Å². The molecule has 0 atom stereocenters. The average molecular weight is 558 g/mol. The summed E-state index contributed by atoms with van der Waals surface area (Å²) in [7, 11) is -1.29. The molecule has 0 bridgehead atoms. The van der Waals surface area contributed by atoms with Gasteiger partial charge in [-0.15, -0.1) is 0 Å². The van der Waals surface area contributed by atoms with E-state index >= 15 is 0 Å². The van der Waals surface area contributed by atoms with E-state index in [1.54, 1.807) is 54.6 Å². The second kappa shape index (κ2) is 12.7. The fraction of sp³-hybridized carbons (Fsp3) is 0.100. The number of para-hydroxylation sites is 1. The van der Waals surface area contributed by atoms with E-state index in [2.05, 4.69) is 15.3 Å². The first-order valence-electron chi connectivity index (χ1n) is 12.1. The minimum Gasteiger partial charge on any atom is -0.497 e. The van der Waals surface area contributed by atoms with Gasteiger partial charge in [0.25, 0.3) is 15.9 Å². The molecule has 0 aliphatic rings. The molecule has 40 heavy (non-hydrogen) atoms. The Bertz CT molecular complexity index is 1600. The van der Waals surface area contributed by atoms with E-state index in [-0.39, 0.29) is 22.7 Å². The number of hydrogen-bond acceptors (Lipinski definition) is 7. The van der Waals surface area contributed by atoms with E-state index in [4.69, 9.17) is 4.74 Å². The van der Waals surface area contributed by atoms with Crippen LogP contribution in [0.15, 0.2) is 113 Å². The number of anilines is 1. The SMILES string of the molecule is COC(=O)c1ccc(/C=N/NC(=O)c2ccccc2N(Cc2ccccc2)S(=O)(=O)c2ccc(OC)cc2)cc1. The summed E-state index contributed by atoms with van der Waals surface area (Å²) in [5.41, 5.74) is 4.53. The van der Waals surface area contributed by atoms with Crippen LogP contribution in [0.25, 0.3) is 0 Å². The molecule has 0 aromatic heterocycles. The standard InChI is InChI=1S/C30H27N3O6S/c1-38-25-16-18-26(19-17-25)40(36,37)33(21-23-8-4-3-5-9-23)28-11-7-6-10-27(28)29(34)32-31-20-22-12-14-24(15-13-22)30(35)39-2/h3-20H,21H2,1-2H3,(H,32,34)/b31-20+. The van der Waals surface area contributed by atoms with E-state index < -0.39 is 21.9 Å². The lowest BCUT2D eigenvalue weighted by Gasteiger charge is -2.26. The van der Waals surface area contributed by atoms with Gasteiger partial charge in [-0.1, -0.05) is 54.6 Å². The number of benzene rings is 4. The van der Waals surface area contributed by atoms with Gasteiger partial charge in [0.15, 0.2) is 0 Å². The van der Waals surface area contributed by atoms with Crippen LogP contribution >= 0.6 is 0 Å². The molecule has 204 valence electrons. The molecule has 1 amide bonds. The highest BCUT2D eigenvalue weighted by molar-refractivity contribution is 7.92. The van der Waals surface area contributed by atoms with Gasteiger partial charge in [0, 0.05) is 0 Å². The summed E-state index contributed by atoms with van der Waals surface area (Å²) in [5, 5.41) is 4.01. The topological polar surface area (TPSA) is 114 Å². The summed E-state index contributed by atoms with van der Waals surface area (Å²) >= 11 is 0. The first-order chi connectivity index (χ1) is 19.3. The summed E-state index contributed by atoms with van der Waals surface area (Å²) in [6.07, 6.45) is 1.41. The third-order valence-electron chi connectivity index (χ3n) is 5.95. The first-order valence-corrected chi connectivity index (χ1v) is 13.6. The smallest absolute Gasteiger partial charge is 0.337 e. The molecule has 0 aliphatic carbocycles. The number of sulfonamides is 1. The van der Waals surface area contributed by atoms with Crippen molar-refractivity contribution in [1.82, 2.24) is 5.43 Å². The van der Waals surface area contributed by atoms with Gasteiger partial charge >= 0.3 is 5.97 Å². The van der Waals surface area contributed by atoms with Gasteiger partial charge in [-0.25, -0.2) is 18.6 Å². The normalized spacial score (nSPS) is 11.2. The van der Waals surface area contributed by atoms with Crippen molar-refractivity contribution in [1.29, 1.82) is 0 Å². The van der Waals surface area contributed by atoms with Crippen molar-refractivity contribution < 1.29 is 27.5 Å². The zero-order valence-electron chi connectivity index (χ0n) is 21.9. The van der Waals surface area contributed by atoms with Gasteiger partial charge in [0.05, 0.1) is 48.7 Å². The molecule has 4 rings (SSSR count). The van der Waals surface area contributed by atoms with Crippen LogP contribution in [0.4, 0.5) is 5.69 Å². The summed E-state index contributed by atoms with van der Waals surface area (Å²) in [4.78, 5) is 24.9. The number of amides is 1. The Balaban J connectivity index is 1.64. The van der Waals surface area contributed by atoms with Crippen molar-refractivity contribution in [3.05, 3.63) is 125 Å². The Morgan fingerprint density at radius 3 is 2.15 bits per heavy atom. The highest BCUT2D eigenvalue weighted by Crippen LogP contribution is 2.30. The monoisotopic (exact) mass is 557 g/mol. The Hall–Kier alpha value is -4.96. The predicted octanol–water partition coefficient (Wildman–Crippen LogP) is 4.64. The van der Waals surface area contributed by atoms with Gasteiger partial charge in [-0.2, -0.15) is 5.10 Å². The first kappa shape index (κ1) is 28.1.